The number of rotatable bonds is 3. The molecule has 0 aromatic heterocycles. The SMILES string of the molecule is O=C1CC2(CCN(C(=O)c3ccccc3S(=O)(=O)C(F)F)CC2)Oc2ccccc21. The van der Waals surface area contributed by atoms with E-state index in [2.05, 4.69) is 0 Å². The maximum atomic E-state index is 13.0. The number of hydrogen-bond acceptors (Lipinski definition) is 5. The number of ether oxygens (including phenoxy) is 1. The fraction of sp³-hybridized carbons (Fsp3) is 0.333. The van der Waals surface area contributed by atoms with Crippen LogP contribution >= 0.6 is 0 Å². The van der Waals surface area contributed by atoms with Crippen LogP contribution in [0.3, 0.4) is 0 Å². The van der Waals surface area contributed by atoms with Gasteiger partial charge in [-0.15, -0.1) is 0 Å². The van der Waals surface area contributed by atoms with Gasteiger partial charge in [0.05, 0.1) is 22.4 Å². The second-order valence-corrected chi connectivity index (χ2v) is 9.36. The lowest BCUT2D eigenvalue weighted by atomic mass is 9.82. The number of alkyl halides is 2. The zero-order valence-electron chi connectivity index (χ0n) is 15.9. The third-order valence-electron chi connectivity index (χ3n) is 5.62. The van der Waals surface area contributed by atoms with Crippen molar-refractivity contribution < 1.29 is 31.5 Å². The summed E-state index contributed by atoms with van der Waals surface area (Å²) in [7, 11) is -4.91. The third-order valence-corrected chi connectivity index (χ3v) is 7.06. The van der Waals surface area contributed by atoms with Crippen molar-refractivity contribution in [2.45, 2.75) is 35.5 Å². The van der Waals surface area contributed by atoms with Crippen molar-refractivity contribution in [2.75, 3.05) is 13.1 Å². The zero-order chi connectivity index (χ0) is 21.5. The smallest absolute Gasteiger partial charge is 0.341 e. The van der Waals surface area contributed by atoms with Gasteiger partial charge in [-0.2, -0.15) is 8.78 Å². The second-order valence-electron chi connectivity index (χ2n) is 7.48. The number of likely N-dealkylation sites (tertiary alicyclic amines) is 1. The van der Waals surface area contributed by atoms with Crippen LogP contribution in [0, 0.1) is 0 Å². The number of fused-ring (bicyclic) bond motifs is 1. The van der Waals surface area contributed by atoms with Crippen LogP contribution in [0.25, 0.3) is 0 Å². The molecule has 158 valence electrons. The highest BCUT2D eigenvalue weighted by Gasteiger charge is 2.44. The summed E-state index contributed by atoms with van der Waals surface area (Å²) in [5.41, 5.74) is -0.468. The van der Waals surface area contributed by atoms with E-state index in [1.54, 1.807) is 24.3 Å². The van der Waals surface area contributed by atoms with E-state index in [0.29, 0.717) is 24.2 Å². The van der Waals surface area contributed by atoms with E-state index in [9.17, 15) is 26.8 Å². The maximum Gasteiger partial charge on any atom is 0.341 e. The van der Waals surface area contributed by atoms with Gasteiger partial charge in [-0.05, 0) is 24.3 Å². The molecule has 2 aliphatic rings. The fourth-order valence-electron chi connectivity index (χ4n) is 4.00. The Bertz CT molecular complexity index is 1110. The Hall–Kier alpha value is -2.81. The lowest BCUT2D eigenvalue weighted by molar-refractivity contribution is -0.00580. The molecule has 6 nitrogen and oxygen atoms in total. The van der Waals surface area contributed by atoms with Gasteiger partial charge < -0.3 is 9.64 Å². The Morgan fingerprint density at radius 3 is 2.37 bits per heavy atom. The number of piperidine rings is 1. The van der Waals surface area contributed by atoms with Crippen LogP contribution < -0.4 is 4.74 Å². The molecule has 2 aromatic carbocycles. The maximum absolute atomic E-state index is 13.0. The van der Waals surface area contributed by atoms with E-state index >= 15 is 0 Å². The number of benzene rings is 2. The summed E-state index contributed by atoms with van der Waals surface area (Å²) in [6.45, 7) is 0.439. The molecule has 1 amide bonds. The molecule has 0 unspecified atom stereocenters. The lowest BCUT2D eigenvalue weighted by Gasteiger charge is -2.44. The van der Waals surface area contributed by atoms with Gasteiger partial charge in [0.2, 0.25) is 9.84 Å². The van der Waals surface area contributed by atoms with Crippen molar-refractivity contribution in [3.63, 3.8) is 0 Å². The van der Waals surface area contributed by atoms with Crippen molar-refractivity contribution in [3.8, 4) is 5.75 Å². The predicted molar refractivity (Wildman–Crippen MR) is 104 cm³/mol. The molecular formula is C21H19F2NO5S. The normalized spacial score (nSPS) is 18.2. The summed E-state index contributed by atoms with van der Waals surface area (Å²) in [6, 6.07) is 12.0. The molecule has 0 radical (unpaired) electrons. The van der Waals surface area contributed by atoms with Crippen LogP contribution in [0.4, 0.5) is 8.78 Å². The standard InChI is InChI=1S/C21H19F2NO5S/c22-20(23)30(27,28)18-8-4-2-6-15(18)19(26)24-11-9-21(10-12-24)13-16(25)14-5-1-3-7-17(14)29-21/h1-8,20H,9-13H2. The number of carbonyl (C=O) groups excluding carboxylic acids is 2. The molecule has 9 heteroatoms. The quantitative estimate of drug-likeness (QED) is 0.739. The Morgan fingerprint density at radius 1 is 1.03 bits per heavy atom. The zero-order valence-corrected chi connectivity index (χ0v) is 16.7. The van der Waals surface area contributed by atoms with Gasteiger partial charge in [-0.25, -0.2) is 8.42 Å². The van der Waals surface area contributed by atoms with Gasteiger partial charge in [-0.1, -0.05) is 24.3 Å². The monoisotopic (exact) mass is 435 g/mol. The number of carbonyl (C=O) groups is 2. The minimum Gasteiger partial charge on any atom is -0.486 e. The molecule has 0 N–H and O–H groups in total. The van der Waals surface area contributed by atoms with Crippen molar-refractivity contribution >= 4 is 21.5 Å². The van der Waals surface area contributed by atoms with Gasteiger partial charge in [-0.3, -0.25) is 9.59 Å². The first-order valence-electron chi connectivity index (χ1n) is 9.45. The fourth-order valence-corrected chi connectivity index (χ4v) is 4.92. The first kappa shape index (κ1) is 20.5. The molecule has 2 aliphatic heterocycles. The molecular weight excluding hydrogens is 416 g/mol. The Morgan fingerprint density at radius 2 is 1.67 bits per heavy atom. The van der Waals surface area contributed by atoms with Crippen LogP contribution in [0.5, 0.6) is 5.75 Å². The Kier molecular flexibility index (Phi) is 5.09. The predicted octanol–water partition coefficient (Wildman–Crippen LogP) is 3.32. The number of para-hydroxylation sites is 1. The van der Waals surface area contributed by atoms with Crippen LogP contribution in [0.1, 0.15) is 40.0 Å². The van der Waals surface area contributed by atoms with E-state index in [-0.39, 0.29) is 30.9 Å². The second kappa shape index (κ2) is 7.46. The number of nitrogens with zero attached hydrogens (tertiary/aromatic N) is 1. The molecule has 0 aliphatic carbocycles. The van der Waals surface area contributed by atoms with E-state index in [1.165, 1.54) is 23.1 Å². The number of Topliss-reactive ketones (excluding diaryl/α,β-unsaturated/α-hetero) is 1. The molecule has 0 bridgehead atoms. The first-order valence-corrected chi connectivity index (χ1v) is 11.0. The van der Waals surface area contributed by atoms with Gasteiger partial charge in [0.25, 0.3) is 5.91 Å². The van der Waals surface area contributed by atoms with Crippen molar-refractivity contribution in [3.05, 3.63) is 59.7 Å². The van der Waals surface area contributed by atoms with Crippen LogP contribution in [0.15, 0.2) is 53.4 Å². The molecule has 1 fully saturated rings. The van der Waals surface area contributed by atoms with Crippen molar-refractivity contribution in [1.82, 2.24) is 4.90 Å². The van der Waals surface area contributed by atoms with Crippen LogP contribution in [-0.4, -0.2) is 49.5 Å². The average molecular weight is 435 g/mol. The number of sulfone groups is 1. The number of halogens is 2. The van der Waals surface area contributed by atoms with E-state index in [1.807, 2.05) is 0 Å². The average Bonchev–Trinajstić information content (AvgIpc) is 2.73. The largest absolute Gasteiger partial charge is 0.486 e. The first-order chi connectivity index (χ1) is 14.2. The van der Waals surface area contributed by atoms with Gasteiger partial charge in [0, 0.05) is 25.9 Å². The molecule has 1 spiro atoms. The number of hydrogen-bond donors (Lipinski definition) is 0. The topological polar surface area (TPSA) is 80.8 Å². The van der Waals surface area contributed by atoms with Gasteiger partial charge >= 0.3 is 5.76 Å². The van der Waals surface area contributed by atoms with E-state index < -0.39 is 32.0 Å². The van der Waals surface area contributed by atoms with Crippen LogP contribution in [-0.2, 0) is 9.84 Å². The van der Waals surface area contributed by atoms with E-state index in [4.69, 9.17) is 4.74 Å². The summed E-state index contributed by atoms with van der Waals surface area (Å²) in [6.07, 6.45) is 0.952. The summed E-state index contributed by atoms with van der Waals surface area (Å²) in [5.74, 6) is -3.75. The van der Waals surface area contributed by atoms with Gasteiger partial charge in [0.1, 0.15) is 11.4 Å². The lowest BCUT2D eigenvalue weighted by Crippen LogP contribution is -2.52. The molecule has 2 aromatic rings. The molecule has 4 rings (SSSR count). The minimum atomic E-state index is -4.91. The number of ketones is 1. The summed E-state index contributed by atoms with van der Waals surface area (Å²) >= 11 is 0. The van der Waals surface area contributed by atoms with E-state index in [0.717, 1.165) is 6.07 Å². The molecule has 2 heterocycles. The molecule has 30 heavy (non-hydrogen) atoms. The highest BCUT2D eigenvalue weighted by atomic mass is 32.2. The summed E-state index contributed by atoms with van der Waals surface area (Å²) in [5, 5.41) is 0. The molecule has 1 saturated heterocycles. The van der Waals surface area contributed by atoms with Crippen LogP contribution in [0.2, 0.25) is 0 Å². The number of amides is 1. The van der Waals surface area contributed by atoms with Gasteiger partial charge in [0.15, 0.2) is 5.78 Å². The highest BCUT2D eigenvalue weighted by molar-refractivity contribution is 7.91. The summed E-state index contributed by atoms with van der Waals surface area (Å²) < 4.78 is 56.1. The molecule has 0 atom stereocenters. The third kappa shape index (κ3) is 3.47. The molecule has 0 saturated carbocycles. The minimum absolute atomic E-state index is 0.0231. The highest BCUT2D eigenvalue weighted by Crippen LogP contribution is 2.39. The Balaban J connectivity index is 1.54. The Labute approximate surface area is 172 Å². The van der Waals surface area contributed by atoms with Crippen molar-refractivity contribution in [1.29, 1.82) is 0 Å². The summed E-state index contributed by atoms with van der Waals surface area (Å²) in [4.78, 5) is 26.2. The van der Waals surface area contributed by atoms with Crippen molar-refractivity contribution in [2.24, 2.45) is 0 Å².